The van der Waals surface area contributed by atoms with Crippen molar-refractivity contribution in [1.82, 2.24) is 0 Å². The molecule has 0 aromatic heterocycles. The van der Waals surface area contributed by atoms with Crippen LogP contribution in [0.15, 0.2) is 48.5 Å². The van der Waals surface area contributed by atoms with Crippen LogP contribution in [0.1, 0.15) is 60.2 Å². The van der Waals surface area contributed by atoms with Crippen LogP contribution in [0.25, 0.3) is 0 Å². The zero-order valence-electron chi connectivity index (χ0n) is 16.6. The second-order valence-electron chi connectivity index (χ2n) is 6.22. The largest absolute Gasteiger partial charge is 0.462 e. The van der Waals surface area contributed by atoms with Gasteiger partial charge in [0.25, 0.3) is 0 Å². The van der Waals surface area contributed by atoms with Crippen LogP contribution >= 0.6 is 0 Å². The Hall–Kier alpha value is -3.02. The number of ether oxygens (including phenoxy) is 2. The Balaban J connectivity index is 0.000000280. The number of nitrogen functional groups attached to an aromatic ring is 2. The van der Waals surface area contributed by atoms with E-state index in [9.17, 15) is 9.59 Å². The Bertz CT molecular complexity index is 649. The number of unbranched alkanes of at least 4 members (excludes halogenated alkanes) is 2. The molecule has 0 unspecified atom stereocenters. The Morgan fingerprint density at radius 3 is 1.29 bits per heavy atom. The highest BCUT2D eigenvalue weighted by Gasteiger charge is 2.06. The molecule has 0 saturated heterocycles. The van der Waals surface area contributed by atoms with Gasteiger partial charge in [0.05, 0.1) is 24.3 Å². The number of anilines is 2. The third kappa shape index (κ3) is 9.07. The molecule has 4 N–H and O–H groups in total. The number of esters is 2. The highest BCUT2D eigenvalue weighted by Crippen LogP contribution is 2.08. The molecule has 6 nitrogen and oxygen atoms in total. The number of nitrogens with two attached hydrogens (primary N) is 2. The molecule has 152 valence electrons. The van der Waals surface area contributed by atoms with E-state index in [1.807, 2.05) is 0 Å². The molecule has 0 bridgehead atoms. The smallest absolute Gasteiger partial charge is 0.338 e. The first-order valence-corrected chi connectivity index (χ1v) is 9.53. The fourth-order valence-electron chi connectivity index (χ4n) is 2.02. The van der Waals surface area contributed by atoms with Gasteiger partial charge in [-0.3, -0.25) is 0 Å². The van der Waals surface area contributed by atoms with Crippen molar-refractivity contribution in [2.24, 2.45) is 0 Å². The first-order chi connectivity index (χ1) is 13.5. The van der Waals surface area contributed by atoms with Crippen molar-refractivity contribution in [3.8, 4) is 0 Å². The minimum Gasteiger partial charge on any atom is -0.462 e. The van der Waals surface area contributed by atoms with E-state index in [4.69, 9.17) is 20.9 Å². The van der Waals surface area contributed by atoms with Crippen molar-refractivity contribution in [3.63, 3.8) is 0 Å². The molecule has 0 heterocycles. The second-order valence-corrected chi connectivity index (χ2v) is 6.22. The third-order valence-corrected chi connectivity index (χ3v) is 3.75. The third-order valence-electron chi connectivity index (χ3n) is 3.75. The number of benzene rings is 2. The first kappa shape index (κ1) is 23.0. The minimum absolute atomic E-state index is 0.279. The van der Waals surface area contributed by atoms with E-state index in [1.54, 1.807) is 48.5 Å². The average Bonchev–Trinajstić information content (AvgIpc) is 2.70. The molecule has 0 spiro atoms. The Morgan fingerprint density at radius 2 is 1.00 bits per heavy atom. The summed E-state index contributed by atoms with van der Waals surface area (Å²) in [4.78, 5) is 22.7. The molecule has 6 heteroatoms. The van der Waals surface area contributed by atoms with Crippen LogP contribution in [0.2, 0.25) is 0 Å². The standard InChI is InChI=1S/2C11H15NO2/c2*1-2-3-8-14-11(13)9-4-6-10(12)7-5-9/h2*4-7H,2-3,8,12H2,1H3. The lowest BCUT2D eigenvalue weighted by Gasteiger charge is -2.03. The van der Waals surface area contributed by atoms with Crippen LogP contribution in [-0.4, -0.2) is 25.2 Å². The monoisotopic (exact) mass is 386 g/mol. The van der Waals surface area contributed by atoms with Gasteiger partial charge in [-0.05, 0) is 61.4 Å². The molecule has 0 aliphatic rings. The molecule has 0 radical (unpaired) electrons. The van der Waals surface area contributed by atoms with Crippen LogP contribution in [0, 0.1) is 0 Å². The van der Waals surface area contributed by atoms with E-state index in [2.05, 4.69) is 13.8 Å². The summed E-state index contributed by atoms with van der Waals surface area (Å²) >= 11 is 0. The molecule has 0 amide bonds. The van der Waals surface area contributed by atoms with Gasteiger partial charge in [0.15, 0.2) is 0 Å². The fourth-order valence-corrected chi connectivity index (χ4v) is 2.02. The zero-order valence-corrected chi connectivity index (χ0v) is 16.6. The van der Waals surface area contributed by atoms with E-state index in [0.29, 0.717) is 35.7 Å². The van der Waals surface area contributed by atoms with Gasteiger partial charge < -0.3 is 20.9 Å². The van der Waals surface area contributed by atoms with Gasteiger partial charge in [0, 0.05) is 11.4 Å². The molecule has 2 aromatic rings. The van der Waals surface area contributed by atoms with Crippen molar-refractivity contribution in [1.29, 1.82) is 0 Å². The second kappa shape index (κ2) is 13.2. The van der Waals surface area contributed by atoms with Crippen LogP contribution in [0.5, 0.6) is 0 Å². The molecule has 0 saturated carbocycles. The first-order valence-electron chi connectivity index (χ1n) is 9.53. The number of hydrogen-bond acceptors (Lipinski definition) is 6. The number of hydrogen-bond donors (Lipinski definition) is 2. The molecule has 0 fully saturated rings. The summed E-state index contributed by atoms with van der Waals surface area (Å²) in [5, 5.41) is 0. The van der Waals surface area contributed by atoms with Crippen molar-refractivity contribution in [2.45, 2.75) is 39.5 Å². The van der Waals surface area contributed by atoms with Crippen molar-refractivity contribution in [3.05, 3.63) is 59.7 Å². The summed E-state index contributed by atoms with van der Waals surface area (Å²) in [5.74, 6) is -0.558. The highest BCUT2D eigenvalue weighted by molar-refractivity contribution is 5.90. The summed E-state index contributed by atoms with van der Waals surface area (Å²) in [6.45, 7) is 5.08. The normalized spacial score (nSPS) is 9.79. The highest BCUT2D eigenvalue weighted by atomic mass is 16.5. The van der Waals surface area contributed by atoms with Gasteiger partial charge in [0.2, 0.25) is 0 Å². The van der Waals surface area contributed by atoms with Gasteiger partial charge in [-0.1, -0.05) is 26.7 Å². The predicted octanol–water partition coefficient (Wildman–Crippen LogP) is 4.45. The number of carbonyl (C=O) groups is 2. The molecule has 0 atom stereocenters. The van der Waals surface area contributed by atoms with Crippen molar-refractivity contribution in [2.75, 3.05) is 24.7 Å². The maximum atomic E-state index is 11.4. The lowest BCUT2D eigenvalue weighted by atomic mass is 10.2. The van der Waals surface area contributed by atoms with E-state index >= 15 is 0 Å². The SMILES string of the molecule is CCCCOC(=O)c1ccc(N)cc1.CCCCOC(=O)c1ccc(N)cc1. The van der Waals surface area contributed by atoms with Gasteiger partial charge in [-0.2, -0.15) is 0 Å². The fraction of sp³-hybridized carbons (Fsp3) is 0.364. The summed E-state index contributed by atoms with van der Waals surface area (Å²) in [7, 11) is 0. The minimum atomic E-state index is -0.279. The maximum Gasteiger partial charge on any atom is 0.338 e. The Morgan fingerprint density at radius 1 is 0.679 bits per heavy atom. The van der Waals surface area contributed by atoms with Crippen LogP contribution in [-0.2, 0) is 9.47 Å². The molecule has 28 heavy (non-hydrogen) atoms. The number of carbonyl (C=O) groups excluding carboxylic acids is 2. The van der Waals surface area contributed by atoms with Crippen molar-refractivity contribution < 1.29 is 19.1 Å². The van der Waals surface area contributed by atoms with E-state index < -0.39 is 0 Å². The van der Waals surface area contributed by atoms with E-state index in [1.165, 1.54) is 0 Å². The summed E-state index contributed by atoms with van der Waals surface area (Å²) in [6, 6.07) is 13.4. The van der Waals surface area contributed by atoms with Crippen molar-refractivity contribution >= 4 is 23.3 Å². The van der Waals surface area contributed by atoms with Gasteiger partial charge in [-0.25, -0.2) is 9.59 Å². The molecule has 0 aliphatic heterocycles. The quantitative estimate of drug-likeness (QED) is 0.394. The zero-order chi connectivity index (χ0) is 20.8. The molecule has 2 rings (SSSR count). The summed E-state index contributed by atoms with van der Waals surface area (Å²) in [6.07, 6.45) is 3.85. The Kier molecular flexibility index (Phi) is 10.8. The molecule has 0 aliphatic carbocycles. The van der Waals surface area contributed by atoms with E-state index in [-0.39, 0.29) is 11.9 Å². The molecular formula is C22H30N2O4. The molecule has 2 aromatic carbocycles. The Labute approximate surface area is 166 Å². The predicted molar refractivity (Wildman–Crippen MR) is 112 cm³/mol. The summed E-state index contributed by atoms with van der Waals surface area (Å²) < 4.78 is 10.1. The number of rotatable bonds is 8. The van der Waals surface area contributed by atoms with Gasteiger partial charge in [0.1, 0.15) is 0 Å². The van der Waals surface area contributed by atoms with Gasteiger partial charge >= 0.3 is 11.9 Å². The van der Waals surface area contributed by atoms with Crippen LogP contribution in [0.3, 0.4) is 0 Å². The lowest BCUT2D eigenvalue weighted by Crippen LogP contribution is -2.06. The molecular weight excluding hydrogens is 356 g/mol. The summed E-state index contributed by atoms with van der Waals surface area (Å²) in [5.41, 5.74) is 13.4. The maximum absolute atomic E-state index is 11.4. The van der Waals surface area contributed by atoms with E-state index in [0.717, 1.165) is 25.7 Å². The van der Waals surface area contributed by atoms with Gasteiger partial charge in [-0.15, -0.1) is 0 Å². The van der Waals surface area contributed by atoms with Crippen LogP contribution in [0.4, 0.5) is 11.4 Å². The van der Waals surface area contributed by atoms with Crippen LogP contribution < -0.4 is 11.5 Å². The average molecular weight is 386 g/mol. The topological polar surface area (TPSA) is 105 Å². The lowest BCUT2D eigenvalue weighted by molar-refractivity contribution is 0.0490.